The van der Waals surface area contributed by atoms with E-state index in [1.807, 2.05) is 16.7 Å². The van der Waals surface area contributed by atoms with Crippen molar-refractivity contribution < 1.29 is 27.8 Å². The Bertz CT molecular complexity index is 1690. The first-order chi connectivity index (χ1) is 20.9. The molecule has 2 aliphatic heterocycles. The number of imidazole rings is 1. The number of benzene rings is 2. The van der Waals surface area contributed by atoms with Crippen molar-refractivity contribution in [3.8, 4) is 18.2 Å². The second kappa shape index (κ2) is 12.4. The molecule has 6 rings (SSSR count). The molecule has 0 bridgehead atoms. The number of ether oxygens (including phenoxy) is 3. The lowest BCUT2D eigenvalue weighted by atomic mass is 10.1. The number of nitrogens with zero attached hydrogens (tertiary/aromatic N) is 5. The summed E-state index contributed by atoms with van der Waals surface area (Å²) in [7, 11) is 1.27. The van der Waals surface area contributed by atoms with E-state index in [4.69, 9.17) is 20.6 Å². The quantitative estimate of drug-likeness (QED) is 0.213. The van der Waals surface area contributed by atoms with Crippen molar-refractivity contribution in [3.63, 3.8) is 0 Å². The van der Waals surface area contributed by atoms with E-state index < -0.39 is 17.6 Å². The summed E-state index contributed by atoms with van der Waals surface area (Å²) in [5.41, 5.74) is 1.81. The van der Waals surface area contributed by atoms with Gasteiger partial charge in [0.2, 0.25) is 5.88 Å². The van der Waals surface area contributed by atoms with Gasteiger partial charge in [0.25, 0.3) is 0 Å². The Kier molecular flexibility index (Phi) is 8.22. The molecule has 0 N–H and O–H groups in total. The zero-order chi connectivity index (χ0) is 29.9. The van der Waals surface area contributed by atoms with E-state index in [-0.39, 0.29) is 23.8 Å². The predicted octanol–water partition coefficient (Wildman–Crippen LogP) is 4.17. The monoisotopic (exact) mass is 587 g/mol. The molecule has 0 saturated carbocycles. The average molecular weight is 588 g/mol. The smallest absolute Gasteiger partial charge is 0.338 e. The van der Waals surface area contributed by atoms with Crippen LogP contribution in [0.15, 0.2) is 48.5 Å². The van der Waals surface area contributed by atoms with Crippen LogP contribution in [-0.4, -0.2) is 71.4 Å². The van der Waals surface area contributed by atoms with Gasteiger partial charge in [-0.3, -0.25) is 4.90 Å². The van der Waals surface area contributed by atoms with Gasteiger partial charge in [0.1, 0.15) is 29.6 Å². The Balaban J connectivity index is 1.12. The molecule has 222 valence electrons. The highest BCUT2D eigenvalue weighted by atomic mass is 19.1. The van der Waals surface area contributed by atoms with E-state index in [1.165, 1.54) is 19.2 Å². The van der Waals surface area contributed by atoms with Crippen LogP contribution in [0.1, 0.15) is 33.7 Å². The third-order valence-corrected chi connectivity index (χ3v) is 7.85. The van der Waals surface area contributed by atoms with Gasteiger partial charge in [-0.1, -0.05) is 18.1 Å². The molecule has 43 heavy (non-hydrogen) atoms. The van der Waals surface area contributed by atoms with Gasteiger partial charge in [0.15, 0.2) is 5.82 Å². The lowest BCUT2D eigenvalue weighted by molar-refractivity contribution is -0.0592. The SMILES string of the molecule is C#Cc1ccc(COc2cccc(N3CCN(Cc4nc5c(F)cc(C(=O)OC)cc5n4C[C@@H]4CCO4)CC3)n2)c(F)c1. The van der Waals surface area contributed by atoms with Crippen molar-refractivity contribution in [1.82, 2.24) is 19.4 Å². The van der Waals surface area contributed by atoms with Crippen molar-refractivity contribution in [3.05, 3.63) is 82.7 Å². The number of anilines is 1. The number of methoxy groups -OCH3 is 1. The molecule has 2 aromatic carbocycles. The van der Waals surface area contributed by atoms with Crippen LogP contribution in [0.5, 0.6) is 5.88 Å². The van der Waals surface area contributed by atoms with Gasteiger partial charge < -0.3 is 23.7 Å². The highest BCUT2D eigenvalue weighted by Crippen LogP contribution is 2.26. The lowest BCUT2D eigenvalue weighted by Gasteiger charge is -2.35. The molecule has 2 fully saturated rings. The Morgan fingerprint density at radius 1 is 1.09 bits per heavy atom. The summed E-state index contributed by atoms with van der Waals surface area (Å²) >= 11 is 0. The number of rotatable bonds is 9. The molecule has 2 saturated heterocycles. The molecule has 0 unspecified atom stereocenters. The Morgan fingerprint density at radius 2 is 1.91 bits per heavy atom. The Hall–Kier alpha value is -4.53. The molecule has 0 radical (unpaired) electrons. The van der Waals surface area contributed by atoms with E-state index in [1.54, 1.807) is 24.3 Å². The number of carbonyl (C=O) groups is 1. The third-order valence-electron chi connectivity index (χ3n) is 7.85. The molecule has 9 nitrogen and oxygen atoms in total. The summed E-state index contributed by atoms with van der Waals surface area (Å²) in [5.74, 6) is 2.74. The zero-order valence-electron chi connectivity index (χ0n) is 23.8. The molecule has 1 atom stereocenters. The van der Waals surface area contributed by atoms with Crippen molar-refractivity contribution in [2.24, 2.45) is 0 Å². The first-order valence-electron chi connectivity index (χ1n) is 14.1. The summed E-state index contributed by atoms with van der Waals surface area (Å²) in [6.07, 6.45) is 6.28. The maximum absolute atomic E-state index is 15.0. The van der Waals surface area contributed by atoms with Gasteiger partial charge in [-0.25, -0.2) is 18.6 Å². The van der Waals surface area contributed by atoms with E-state index in [0.717, 1.165) is 31.2 Å². The van der Waals surface area contributed by atoms with Gasteiger partial charge in [-0.05, 0) is 36.8 Å². The molecule has 0 spiro atoms. The normalized spacial score (nSPS) is 17.0. The number of aromatic nitrogens is 3. The minimum Gasteiger partial charge on any atom is -0.473 e. The summed E-state index contributed by atoms with van der Waals surface area (Å²) in [4.78, 5) is 25.9. The standard InChI is InChI=1S/C32H31F2N5O4/c1-3-21-7-8-22(25(33)15-21)20-43-30-6-4-5-28(35-30)38-12-10-37(11-13-38)19-29-36-31-26(34)16-23(32(40)41-2)17-27(31)39(29)18-24-9-14-42-24/h1,4-8,15-17,24H,9-14,18-20H2,2H3/t24-/m0/s1. The fourth-order valence-corrected chi connectivity index (χ4v) is 5.32. The maximum atomic E-state index is 15.0. The van der Waals surface area contributed by atoms with E-state index in [2.05, 4.69) is 25.7 Å². The van der Waals surface area contributed by atoms with Crippen LogP contribution in [-0.2, 0) is 29.2 Å². The van der Waals surface area contributed by atoms with Crippen molar-refractivity contribution >= 4 is 22.8 Å². The molecule has 4 aromatic rings. The number of pyridine rings is 1. The Labute approximate surface area is 248 Å². The first kappa shape index (κ1) is 28.6. The third kappa shape index (κ3) is 6.16. The van der Waals surface area contributed by atoms with Crippen molar-refractivity contribution in [1.29, 1.82) is 0 Å². The first-order valence-corrected chi connectivity index (χ1v) is 14.1. The van der Waals surface area contributed by atoms with Crippen LogP contribution >= 0.6 is 0 Å². The van der Waals surface area contributed by atoms with Gasteiger partial charge in [-0.2, -0.15) is 4.98 Å². The topological polar surface area (TPSA) is 82.0 Å². The van der Waals surface area contributed by atoms with Gasteiger partial charge in [0, 0.05) is 50.0 Å². The number of piperazine rings is 1. The minimum absolute atomic E-state index is 0.0252. The maximum Gasteiger partial charge on any atom is 0.338 e. The Morgan fingerprint density at radius 3 is 2.60 bits per heavy atom. The van der Waals surface area contributed by atoms with Crippen molar-refractivity contribution in [2.75, 3.05) is 44.8 Å². The molecule has 11 heteroatoms. The fraction of sp³-hybridized carbons (Fsp3) is 0.344. The van der Waals surface area contributed by atoms with Crippen LogP contribution < -0.4 is 9.64 Å². The van der Waals surface area contributed by atoms with E-state index in [0.29, 0.717) is 55.3 Å². The largest absolute Gasteiger partial charge is 0.473 e. The molecular weight excluding hydrogens is 556 g/mol. The van der Waals surface area contributed by atoms with Crippen LogP contribution in [0.25, 0.3) is 11.0 Å². The van der Waals surface area contributed by atoms with Crippen molar-refractivity contribution in [2.45, 2.75) is 32.2 Å². The summed E-state index contributed by atoms with van der Waals surface area (Å²) in [5, 5.41) is 0. The van der Waals surface area contributed by atoms with Gasteiger partial charge in [0.05, 0.1) is 37.4 Å². The highest BCUT2D eigenvalue weighted by molar-refractivity contribution is 5.94. The number of terminal acetylenes is 1. The van der Waals surface area contributed by atoms with E-state index in [9.17, 15) is 9.18 Å². The summed E-state index contributed by atoms with van der Waals surface area (Å²) in [6.45, 7) is 4.68. The summed E-state index contributed by atoms with van der Waals surface area (Å²) in [6, 6.07) is 12.9. The molecule has 2 aromatic heterocycles. The second-order valence-electron chi connectivity index (χ2n) is 10.6. The van der Waals surface area contributed by atoms with Crippen LogP contribution in [0.2, 0.25) is 0 Å². The number of esters is 1. The highest BCUT2D eigenvalue weighted by Gasteiger charge is 2.26. The minimum atomic E-state index is -0.597. The predicted molar refractivity (Wildman–Crippen MR) is 156 cm³/mol. The summed E-state index contributed by atoms with van der Waals surface area (Å²) < 4.78 is 47.6. The molecule has 4 heterocycles. The molecule has 0 amide bonds. The molecule has 0 aliphatic carbocycles. The van der Waals surface area contributed by atoms with Crippen LogP contribution in [0.3, 0.4) is 0 Å². The zero-order valence-corrected chi connectivity index (χ0v) is 23.8. The van der Waals surface area contributed by atoms with Crippen LogP contribution in [0.4, 0.5) is 14.6 Å². The molecular formula is C32H31F2N5O4. The lowest BCUT2D eigenvalue weighted by Crippen LogP contribution is -2.46. The van der Waals surface area contributed by atoms with E-state index >= 15 is 4.39 Å². The second-order valence-corrected chi connectivity index (χ2v) is 10.6. The number of fused-ring (bicyclic) bond motifs is 1. The number of halogens is 2. The fourth-order valence-electron chi connectivity index (χ4n) is 5.32. The van der Waals surface area contributed by atoms with Gasteiger partial charge in [-0.15, -0.1) is 6.42 Å². The van der Waals surface area contributed by atoms with Gasteiger partial charge >= 0.3 is 5.97 Å². The average Bonchev–Trinajstić information content (AvgIpc) is 3.35. The number of hydrogen-bond acceptors (Lipinski definition) is 8. The van der Waals surface area contributed by atoms with Crippen LogP contribution in [0, 0.1) is 24.0 Å². The number of carbonyl (C=O) groups excluding carboxylic acids is 1. The number of hydrogen-bond donors (Lipinski definition) is 0. The molecule has 2 aliphatic rings.